The standard InChI is InChI=1S/C31H38N8O/c1-21-17-37(20-29(21)36(2)3)14-6-7-22-15-23(12-13-33-22)39-24-10-11-25(39)19-38(18-24)28-16-27(34-35-31(28)32)26-8-4-5-9-30(26)40/h4-5,8-9,12-13,15-16,21,24-25,29,40H,10-11,14,17-20H2,1-3H3,(H2,32,35)/t21-,24?,25?,29+/m0/s1. The summed E-state index contributed by atoms with van der Waals surface area (Å²) in [6, 6.07) is 14.7. The quantitative estimate of drug-likeness (QED) is 0.475. The van der Waals surface area contributed by atoms with E-state index in [2.05, 4.69) is 79.8 Å². The lowest BCUT2D eigenvalue weighted by atomic mass is 10.1. The SMILES string of the molecule is C[C@H]1CN(CC#Cc2cc(N3C4CCC3CN(c3cc(-c5ccccc5O)nnc3N)C4)ccn2)C[C@H]1N(C)C. The number of piperazine rings is 1. The number of rotatable bonds is 5. The number of benzene rings is 1. The van der Waals surface area contributed by atoms with Gasteiger partial charge in [-0.1, -0.05) is 25.0 Å². The summed E-state index contributed by atoms with van der Waals surface area (Å²) < 4.78 is 0. The number of aromatic nitrogens is 3. The molecule has 6 rings (SSSR count). The molecule has 0 amide bonds. The zero-order valence-electron chi connectivity index (χ0n) is 23.5. The summed E-state index contributed by atoms with van der Waals surface area (Å²) in [7, 11) is 4.32. The average Bonchev–Trinajstić information content (AvgIpc) is 3.45. The molecule has 40 heavy (non-hydrogen) atoms. The highest BCUT2D eigenvalue weighted by molar-refractivity contribution is 5.74. The highest BCUT2D eigenvalue weighted by Gasteiger charge is 2.41. The molecule has 2 unspecified atom stereocenters. The number of anilines is 3. The van der Waals surface area contributed by atoms with Crippen molar-refractivity contribution in [3.8, 4) is 28.8 Å². The lowest BCUT2D eigenvalue weighted by Crippen LogP contribution is -2.54. The van der Waals surface area contributed by atoms with E-state index in [4.69, 9.17) is 5.73 Å². The van der Waals surface area contributed by atoms with Crippen LogP contribution in [0.25, 0.3) is 11.3 Å². The molecular formula is C31H38N8O. The maximum absolute atomic E-state index is 10.3. The third kappa shape index (κ3) is 5.17. The van der Waals surface area contributed by atoms with Crippen molar-refractivity contribution in [2.24, 2.45) is 5.92 Å². The fourth-order valence-corrected chi connectivity index (χ4v) is 6.73. The number of para-hydroxylation sites is 1. The molecule has 9 heteroatoms. The van der Waals surface area contributed by atoms with Gasteiger partial charge in [-0.05, 0) is 69.1 Å². The van der Waals surface area contributed by atoms with E-state index in [-0.39, 0.29) is 5.75 Å². The molecule has 0 radical (unpaired) electrons. The first kappa shape index (κ1) is 26.4. The van der Waals surface area contributed by atoms with Crippen LogP contribution in [0, 0.1) is 17.8 Å². The monoisotopic (exact) mass is 538 g/mol. The van der Waals surface area contributed by atoms with E-state index in [0.717, 1.165) is 56.9 Å². The van der Waals surface area contributed by atoms with E-state index in [0.29, 0.717) is 41.1 Å². The number of hydrogen-bond donors (Lipinski definition) is 2. The van der Waals surface area contributed by atoms with Gasteiger partial charge in [0.25, 0.3) is 0 Å². The number of aromatic hydroxyl groups is 1. The van der Waals surface area contributed by atoms with Gasteiger partial charge in [0, 0.05) is 61.8 Å². The van der Waals surface area contributed by atoms with Crippen LogP contribution in [0.1, 0.15) is 25.5 Å². The van der Waals surface area contributed by atoms with Crippen molar-refractivity contribution in [3.05, 3.63) is 54.4 Å². The fraction of sp³-hybridized carbons (Fsp3) is 0.452. The van der Waals surface area contributed by atoms with Gasteiger partial charge in [-0.25, -0.2) is 4.98 Å². The van der Waals surface area contributed by atoms with Gasteiger partial charge in [0.15, 0.2) is 5.82 Å². The summed E-state index contributed by atoms with van der Waals surface area (Å²) in [4.78, 5) is 14.2. The largest absolute Gasteiger partial charge is 0.507 e. The Kier molecular flexibility index (Phi) is 7.22. The number of nitrogens with two attached hydrogens (primary N) is 1. The number of pyridine rings is 1. The van der Waals surface area contributed by atoms with Gasteiger partial charge in [0.1, 0.15) is 11.4 Å². The van der Waals surface area contributed by atoms with Crippen LogP contribution in [0.15, 0.2) is 48.7 Å². The van der Waals surface area contributed by atoms with Crippen molar-refractivity contribution in [2.45, 2.75) is 37.9 Å². The Labute approximate surface area is 236 Å². The third-order valence-electron chi connectivity index (χ3n) is 8.68. The first-order valence-electron chi connectivity index (χ1n) is 14.2. The molecule has 3 saturated heterocycles. The Morgan fingerprint density at radius 1 is 1.02 bits per heavy atom. The molecular weight excluding hydrogens is 500 g/mol. The van der Waals surface area contributed by atoms with Gasteiger partial charge in [-0.15, -0.1) is 10.2 Å². The summed E-state index contributed by atoms with van der Waals surface area (Å²) in [5, 5.41) is 18.8. The molecule has 0 spiro atoms. The lowest BCUT2D eigenvalue weighted by molar-refractivity contribution is 0.256. The van der Waals surface area contributed by atoms with Crippen LogP contribution in [-0.4, -0.2) is 95.0 Å². The van der Waals surface area contributed by atoms with E-state index < -0.39 is 0 Å². The molecule has 3 N–H and O–H groups in total. The predicted molar refractivity (Wildman–Crippen MR) is 159 cm³/mol. The molecule has 2 aromatic heterocycles. The van der Waals surface area contributed by atoms with E-state index in [1.807, 2.05) is 24.4 Å². The molecule has 0 aliphatic carbocycles. The van der Waals surface area contributed by atoms with E-state index >= 15 is 0 Å². The average molecular weight is 539 g/mol. The first-order valence-corrected chi connectivity index (χ1v) is 14.2. The lowest BCUT2D eigenvalue weighted by Gasteiger charge is -2.43. The second kappa shape index (κ2) is 11.0. The normalized spacial score (nSPS) is 24.4. The number of fused-ring (bicyclic) bond motifs is 2. The van der Waals surface area contributed by atoms with Crippen LogP contribution in [0.3, 0.4) is 0 Å². The zero-order chi connectivity index (χ0) is 27.8. The second-order valence-electron chi connectivity index (χ2n) is 11.6. The van der Waals surface area contributed by atoms with Crippen LogP contribution in [0.4, 0.5) is 17.2 Å². The molecule has 9 nitrogen and oxygen atoms in total. The van der Waals surface area contributed by atoms with Crippen molar-refractivity contribution in [2.75, 3.05) is 62.4 Å². The van der Waals surface area contributed by atoms with Crippen molar-refractivity contribution in [1.82, 2.24) is 25.0 Å². The fourth-order valence-electron chi connectivity index (χ4n) is 6.73. The molecule has 3 aliphatic heterocycles. The number of phenols is 1. The van der Waals surface area contributed by atoms with Gasteiger partial charge in [0.05, 0.1) is 17.9 Å². The molecule has 1 aromatic carbocycles. The Balaban J connectivity index is 1.15. The first-order chi connectivity index (χ1) is 19.4. The Morgan fingerprint density at radius 3 is 2.52 bits per heavy atom. The highest BCUT2D eigenvalue weighted by atomic mass is 16.3. The number of likely N-dealkylation sites (N-methyl/N-ethyl adjacent to an activating group) is 1. The van der Waals surface area contributed by atoms with Crippen molar-refractivity contribution >= 4 is 17.2 Å². The van der Waals surface area contributed by atoms with Crippen LogP contribution in [-0.2, 0) is 0 Å². The van der Waals surface area contributed by atoms with Crippen molar-refractivity contribution < 1.29 is 5.11 Å². The molecule has 3 aliphatic rings. The molecule has 5 heterocycles. The number of nitrogen functional groups attached to an aromatic ring is 1. The number of nitrogens with zero attached hydrogens (tertiary/aromatic N) is 7. The van der Waals surface area contributed by atoms with Crippen molar-refractivity contribution in [1.29, 1.82) is 0 Å². The molecule has 3 fully saturated rings. The number of likely N-dealkylation sites (tertiary alicyclic amines) is 1. The van der Waals surface area contributed by atoms with Crippen LogP contribution >= 0.6 is 0 Å². The van der Waals surface area contributed by atoms with Gasteiger partial charge in [0.2, 0.25) is 0 Å². The van der Waals surface area contributed by atoms with Gasteiger partial charge in [-0.3, -0.25) is 4.90 Å². The summed E-state index contributed by atoms with van der Waals surface area (Å²) >= 11 is 0. The van der Waals surface area contributed by atoms with Crippen LogP contribution < -0.4 is 15.5 Å². The molecule has 3 aromatic rings. The Hall–Kier alpha value is -3.87. The van der Waals surface area contributed by atoms with E-state index in [1.165, 1.54) is 5.69 Å². The summed E-state index contributed by atoms with van der Waals surface area (Å²) in [5.74, 6) is 7.95. The summed E-state index contributed by atoms with van der Waals surface area (Å²) in [6.07, 6.45) is 4.12. The Morgan fingerprint density at radius 2 is 1.80 bits per heavy atom. The third-order valence-corrected chi connectivity index (χ3v) is 8.68. The molecule has 0 saturated carbocycles. The van der Waals surface area contributed by atoms with Gasteiger partial charge < -0.3 is 25.5 Å². The highest BCUT2D eigenvalue weighted by Crippen LogP contribution is 2.39. The number of phenolic OH excluding ortho intramolecular Hbond substituents is 1. The van der Waals surface area contributed by atoms with Crippen molar-refractivity contribution in [3.63, 3.8) is 0 Å². The van der Waals surface area contributed by atoms with Crippen LogP contribution in [0.5, 0.6) is 5.75 Å². The summed E-state index contributed by atoms with van der Waals surface area (Å²) in [6.45, 7) is 6.93. The van der Waals surface area contributed by atoms with Gasteiger partial charge >= 0.3 is 0 Å². The topological polar surface area (TPSA) is 97.9 Å². The minimum Gasteiger partial charge on any atom is -0.507 e. The smallest absolute Gasteiger partial charge is 0.169 e. The molecule has 208 valence electrons. The second-order valence-corrected chi connectivity index (χ2v) is 11.6. The Bertz CT molecular complexity index is 1420. The maximum atomic E-state index is 10.3. The zero-order valence-corrected chi connectivity index (χ0v) is 23.5. The maximum Gasteiger partial charge on any atom is 0.169 e. The minimum absolute atomic E-state index is 0.182. The summed E-state index contributed by atoms with van der Waals surface area (Å²) in [5.41, 5.74) is 10.5. The predicted octanol–water partition coefficient (Wildman–Crippen LogP) is 2.92. The van der Waals surface area contributed by atoms with Crippen LogP contribution in [0.2, 0.25) is 0 Å². The molecule has 2 bridgehead atoms. The number of hydrogen-bond acceptors (Lipinski definition) is 9. The van der Waals surface area contributed by atoms with E-state index in [1.54, 1.807) is 12.1 Å². The van der Waals surface area contributed by atoms with Gasteiger partial charge in [-0.2, -0.15) is 0 Å². The molecule has 4 atom stereocenters. The van der Waals surface area contributed by atoms with E-state index in [9.17, 15) is 5.11 Å². The minimum atomic E-state index is 0.182.